The number of rotatable bonds is 6. The molecule has 1 aliphatic rings. The van der Waals surface area contributed by atoms with E-state index in [-0.39, 0.29) is 36.6 Å². The summed E-state index contributed by atoms with van der Waals surface area (Å²) >= 11 is 1.45. The Kier molecular flexibility index (Phi) is 5.02. The molecule has 0 radical (unpaired) electrons. The van der Waals surface area contributed by atoms with Gasteiger partial charge in [0.15, 0.2) is 0 Å². The largest absolute Gasteiger partial charge is 0.293 e. The lowest BCUT2D eigenvalue weighted by molar-refractivity contribution is -0.116. The van der Waals surface area contributed by atoms with Gasteiger partial charge in [0.05, 0.1) is 16.8 Å². The SMILES string of the molecule is Cc1ccc(-c2csc3nc(NC(=O)CCCN4C(=O)c5ccccc5C4=O)nn23)cc1. The average molecular weight is 446 g/mol. The minimum Gasteiger partial charge on any atom is -0.293 e. The third kappa shape index (κ3) is 3.56. The Labute approximate surface area is 187 Å². The molecule has 1 N–H and O–H groups in total. The molecule has 32 heavy (non-hydrogen) atoms. The molecule has 0 bridgehead atoms. The lowest BCUT2D eigenvalue weighted by atomic mass is 10.1. The fourth-order valence-electron chi connectivity index (χ4n) is 3.68. The molecule has 2 aromatic heterocycles. The Bertz CT molecular complexity index is 1320. The number of aryl methyl sites for hydroxylation is 1. The molecule has 0 saturated carbocycles. The number of carbonyl (C=O) groups is 3. The van der Waals surface area contributed by atoms with Crippen LogP contribution in [0.1, 0.15) is 39.1 Å². The van der Waals surface area contributed by atoms with Crippen molar-refractivity contribution in [1.82, 2.24) is 19.5 Å². The maximum absolute atomic E-state index is 12.4. The van der Waals surface area contributed by atoms with E-state index in [9.17, 15) is 14.4 Å². The highest BCUT2D eigenvalue weighted by molar-refractivity contribution is 7.15. The molecule has 2 aromatic carbocycles. The second-order valence-corrected chi connectivity index (χ2v) is 8.41. The quantitative estimate of drug-likeness (QED) is 0.456. The van der Waals surface area contributed by atoms with Crippen LogP contribution in [0.25, 0.3) is 16.2 Å². The molecule has 0 unspecified atom stereocenters. The van der Waals surface area contributed by atoms with Crippen molar-refractivity contribution in [2.24, 2.45) is 0 Å². The van der Waals surface area contributed by atoms with Gasteiger partial charge >= 0.3 is 0 Å². The van der Waals surface area contributed by atoms with E-state index in [1.165, 1.54) is 21.8 Å². The molecule has 1 aliphatic heterocycles. The van der Waals surface area contributed by atoms with Crippen LogP contribution in [-0.4, -0.2) is 43.8 Å². The van der Waals surface area contributed by atoms with Crippen molar-refractivity contribution in [3.63, 3.8) is 0 Å². The molecule has 0 atom stereocenters. The van der Waals surface area contributed by atoms with Gasteiger partial charge in [0.25, 0.3) is 11.8 Å². The van der Waals surface area contributed by atoms with Gasteiger partial charge in [0, 0.05) is 23.9 Å². The summed E-state index contributed by atoms with van der Waals surface area (Å²) in [7, 11) is 0. The van der Waals surface area contributed by atoms with Crippen LogP contribution in [0.4, 0.5) is 5.95 Å². The number of hydrogen-bond acceptors (Lipinski definition) is 6. The molecule has 0 spiro atoms. The van der Waals surface area contributed by atoms with Crippen LogP contribution < -0.4 is 5.32 Å². The summed E-state index contributed by atoms with van der Waals surface area (Å²) in [6.07, 6.45) is 0.499. The van der Waals surface area contributed by atoms with Gasteiger partial charge in [-0.1, -0.05) is 42.0 Å². The second kappa shape index (κ2) is 8.01. The van der Waals surface area contributed by atoms with Crippen LogP contribution in [0.15, 0.2) is 53.9 Å². The molecule has 0 aliphatic carbocycles. The first kappa shape index (κ1) is 20.1. The number of benzene rings is 2. The fourth-order valence-corrected chi connectivity index (χ4v) is 4.52. The van der Waals surface area contributed by atoms with Crippen molar-refractivity contribution in [3.05, 3.63) is 70.6 Å². The zero-order chi connectivity index (χ0) is 22.2. The van der Waals surface area contributed by atoms with Crippen molar-refractivity contribution in [2.75, 3.05) is 11.9 Å². The molecule has 0 fully saturated rings. The number of aromatic nitrogens is 3. The lowest BCUT2D eigenvalue weighted by Gasteiger charge is -2.13. The van der Waals surface area contributed by atoms with Gasteiger partial charge in [-0.25, -0.2) is 4.52 Å². The van der Waals surface area contributed by atoms with Crippen LogP contribution in [-0.2, 0) is 4.79 Å². The number of anilines is 1. The van der Waals surface area contributed by atoms with E-state index in [0.717, 1.165) is 11.3 Å². The topological polar surface area (TPSA) is 96.7 Å². The molecule has 4 aromatic rings. The van der Waals surface area contributed by atoms with Gasteiger partial charge in [-0.3, -0.25) is 24.6 Å². The predicted octanol–water partition coefficient (Wildman–Crippen LogP) is 3.78. The van der Waals surface area contributed by atoms with E-state index in [0.29, 0.717) is 22.5 Å². The molecule has 8 nitrogen and oxygen atoms in total. The summed E-state index contributed by atoms with van der Waals surface area (Å²) < 4.78 is 1.71. The second-order valence-electron chi connectivity index (χ2n) is 7.58. The Morgan fingerprint density at radius 3 is 2.41 bits per heavy atom. The normalized spacial score (nSPS) is 13.1. The summed E-state index contributed by atoms with van der Waals surface area (Å²) in [6.45, 7) is 2.22. The number of thiazole rings is 1. The molecule has 9 heteroatoms. The number of imide groups is 1. The van der Waals surface area contributed by atoms with E-state index in [2.05, 4.69) is 15.4 Å². The van der Waals surface area contributed by atoms with Crippen molar-refractivity contribution < 1.29 is 14.4 Å². The van der Waals surface area contributed by atoms with Gasteiger partial charge < -0.3 is 0 Å². The zero-order valence-corrected chi connectivity index (χ0v) is 18.1. The first-order valence-electron chi connectivity index (χ1n) is 10.2. The maximum atomic E-state index is 12.4. The number of nitrogens with one attached hydrogen (secondary N) is 1. The van der Waals surface area contributed by atoms with Crippen LogP contribution in [0.3, 0.4) is 0 Å². The highest BCUT2D eigenvalue weighted by atomic mass is 32.1. The number of carbonyl (C=O) groups excluding carboxylic acids is 3. The Hall–Kier alpha value is -3.85. The van der Waals surface area contributed by atoms with Crippen molar-refractivity contribution >= 4 is 40.0 Å². The van der Waals surface area contributed by atoms with Gasteiger partial charge in [0.1, 0.15) is 0 Å². The zero-order valence-electron chi connectivity index (χ0n) is 17.2. The minimum atomic E-state index is -0.314. The first-order valence-corrected chi connectivity index (χ1v) is 11.1. The summed E-state index contributed by atoms with van der Waals surface area (Å²) in [5.41, 5.74) is 3.92. The highest BCUT2D eigenvalue weighted by Crippen LogP contribution is 2.26. The number of fused-ring (bicyclic) bond motifs is 2. The molecule has 3 amide bonds. The van der Waals surface area contributed by atoms with E-state index < -0.39 is 0 Å². The monoisotopic (exact) mass is 445 g/mol. The van der Waals surface area contributed by atoms with Crippen LogP contribution in [0.5, 0.6) is 0 Å². The van der Waals surface area contributed by atoms with Crippen LogP contribution >= 0.6 is 11.3 Å². The molecule has 160 valence electrons. The number of amides is 3. The average Bonchev–Trinajstić information content (AvgIpc) is 3.43. The summed E-state index contributed by atoms with van der Waals surface area (Å²) in [4.78, 5) is 43.4. The molecule has 5 rings (SSSR count). The first-order chi connectivity index (χ1) is 15.5. The summed E-state index contributed by atoms with van der Waals surface area (Å²) in [5, 5.41) is 9.10. The van der Waals surface area contributed by atoms with E-state index >= 15 is 0 Å². The highest BCUT2D eigenvalue weighted by Gasteiger charge is 2.34. The van der Waals surface area contributed by atoms with Gasteiger partial charge in [-0.15, -0.1) is 16.4 Å². The van der Waals surface area contributed by atoms with Crippen LogP contribution in [0, 0.1) is 6.92 Å². The smallest absolute Gasteiger partial charge is 0.261 e. The summed E-state index contributed by atoms with van der Waals surface area (Å²) in [5.74, 6) is -0.663. The fraction of sp³-hybridized carbons (Fsp3) is 0.174. The van der Waals surface area contributed by atoms with Crippen molar-refractivity contribution in [3.8, 4) is 11.3 Å². The van der Waals surface area contributed by atoms with Crippen molar-refractivity contribution in [1.29, 1.82) is 0 Å². The third-order valence-corrected chi connectivity index (χ3v) is 6.16. The van der Waals surface area contributed by atoms with E-state index in [1.807, 2.05) is 36.6 Å². The van der Waals surface area contributed by atoms with E-state index in [1.54, 1.807) is 28.8 Å². The van der Waals surface area contributed by atoms with Gasteiger partial charge in [0.2, 0.25) is 16.8 Å². The van der Waals surface area contributed by atoms with Crippen LogP contribution in [0.2, 0.25) is 0 Å². The number of nitrogens with zero attached hydrogens (tertiary/aromatic N) is 4. The standard InChI is InChI=1S/C23H19N5O3S/c1-14-8-10-15(11-9-14)18-13-32-23-25-22(26-28(18)23)24-19(29)7-4-12-27-20(30)16-5-2-3-6-17(16)21(27)31/h2-3,5-6,8-11,13H,4,7,12H2,1H3,(H,24,26,29). The van der Waals surface area contributed by atoms with Crippen molar-refractivity contribution in [2.45, 2.75) is 19.8 Å². The minimum absolute atomic E-state index is 0.144. The Balaban J connectivity index is 1.20. The third-order valence-electron chi connectivity index (χ3n) is 5.34. The van der Waals surface area contributed by atoms with Gasteiger partial charge in [-0.2, -0.15) is 4.98 Å². The maximum Gasteiger partial charge on any atom is 0.261 e. The molecule has 3 heterocycles. The molecular weight excluding hydrogens is 426 g/mol. The predicted molar refractivity (Wildman–Crippen MR) is 121 cm³/mol. The number of hydrogen-bond donors (Lipinski definition) is 1. The Morgan fingerprint density at radius 2 is 1.72 bits per heavy atom. The molecule has 0 saturated heterocycles. The Morgan fingerprint density at radius 1 is 1.03 bits per heavy atom. The van der Waals surface area contributed by atoms with E-state index in [4.69, 9.17) is 0 Å². The molecular formula is C23H19N5O3S. The van der Waals surface area contributed by atoms with Gasteiger partial charge in [-0.05, 0) is 25.5 Å². The summed E-state index contributed by atoms with van der Waals surface area (Å²) in [6, 6.07) is 14.9. The lowest BCUT2D eigenvalue weighted by Crippen LogP contribution is -2.31.